The Labute approximate surface area is 174 Å². The van der Waals surface area contributed by atoms with Crippen molar-refractivity contribution >= 4 is 46.3 Å². The number of nitrogens with zero attached hydrogens (tertiary/aromatic N) is 7. The largest absolute Gasteiger partial charge is 0.469 e. The lowest BCUT2D eigenvalue weighted by molar-refractivity contribution is -0.139. The van der Waals surface area contributed by atoms with E-state index in [1.54, 1.807) is 28.4 Å². The Balaban J connectivity index is 1.89. The highest BCUT2D eigenvalue weighted by molar-refractivity contribution is 7.99. The van der Waals surface area contributed by atoms with Gasteiger partial charge in [-0.1, -0.05) is 23.4 Å². The van der Waals surface area contributed by atoms with Crippen molar-refractivity contribution in [1.29, 1.82) is 0 Å². The van der Waals surface area contributed by atoms with E-state index in [4.69, 9.17) is 21.1 Å². The molecule has 0 amide bonds. The number of esters is 1. The van der Waals surface area contributed by atoms with Crippen molar-refractivity contribution in [2.45, 2.75) is 11.6 Å². The van der Waals surface area contributed by atoms with Crippen LogP contribution in [0.3, 0.4) is 0 Å². The van der Waals surface area contributed by atoms with E-state index in [2.05, 4.69) is 25.4 Å². The van der Waals surface area contributed by atoms with Crippen LogP contribution in [-0.4, -0.2) is 67.1 Å². The molecule has 0 unspecified atom stereocenters. The van der Waals surface area contributed by atoms with Crippen LogP contribution < -0.4 is 0 Å². The molecule has 0 radical (unpaired) electrons. The fourth-order valence-corrected chi connectivity index (χ4v) is 3.54. The van der Waals surface area contributed by atoms with Crippen LogP contribution >= 0.6 is 23.4 Å². The van der Waals surface area contributed by atoms with Gasteiger partial charge in [0.1, 0.15) is 5.69 Å². The zero-order valence-electron chi connectivity index (χ0n) is 15.6. The number of rotatable bonds is 7. The van der Waals surface area contributed by atoms with Crippen LogP contribution in [0.25, 0.3) is 22.6 Å². The molecule has 12 heteroatoms. The topological polar surface area (TPSA) is 109 Å². The Bertz CT molecular complexity index is 1180. The van der Waals surface area contributed by atoms with Crippen LogP contribution in [0, 0.1) is 0 Å². The number of ether oxygens (including phenoxy) is 2. The van der Waals surface area contributed by atoms with Gasteiger partial charge in [0.2, 0.25) is 5.16 Å². The number of halogens is 1. The third-order valence-electron chi connectivity index (χ3n) is 4.05. The third kappa shape index (κ3) is 3.88. The maximum atomic E-state index is 11.8. The maximum absolute atomic E-state index is 11.8. The fraction of sp³-hybridized carbons (Fsp3) is 0.294. The lowest BCUT2D eigenvalue weighted by Crippen LogP contribution is -2.06. The number of carbonyl (C=O) groups is 1. The fourth-order valence-electron chi connectivity index (χ4n) is 2.69. The van der Waals surface area contributed by atoms with Crippen molar-refractivity contribution in [2.75, 3.05) is 26.6 Å². The molecule has 4 aromatic rings. The molecule has 0 aliphatic carbocycles. The van der Waals surface area contributed by atoms with E-state index in [0.29, 0.717) is 45.2 Å². The smallest absolute Gasteiger partial charge is 0.311 e. The number of fused-ring (bicyclic) bond motifs is 3. The minimum atomic E-state index is -0.427. The summed E-state index contributed by atoms with van der Waals surface area (Å²) in [5.41, 5.74) is 2.15. The first-order valence-corrected chi connectivity index (χ1v) is 9.92. The molecule has 3 aromatic heterocycles. The molecule has 0 N–H and O–H groups in total. The molecular formula is C17H16ClN7O3S. The molecule has 3 heterocycles. The van der Waals surface area contributed by atoms with E-state index in [-0.39, 0.29) is 6.42 Å². The van der Waals surface area contributed by atoms with E-state index in [9.17, 15) is 4.79 Å². The van der Waals surface area contributed by atoms with Crippen molar-refractivity contribution in [3.8, 4) is 5.69 Å². The molecule has 0 aliphatic heterocycles. The summed E-state index contributed by atoms with van der Waals surface area (Å²) in [6.45, 7) is 0.577. The molecule has 4 rings (SSSR count). The predicted octanol–water partition coefficient (Wildman–Crippen LogP) is 1.97. The van der Waals surface area contributed by atoms with Crippen molar-refractivity contribution in [3.63, 3.8) is 0 Å². The van der Waals surface area contributed by atoms with E-state index >= 15 is 0 Å². The van der Waals surface area contributed by atoms with Gasteiger partial charge >= 0.3 is 5.97 Å². The Kier molecular flexibility index (Phi) is 5.60. The van der Waals surface area contributed by atoms with Gasteiger partial charge in [0, 0.05) is 17.9 Å². The van der Waals surface area contributed by atoms with Gasteiger partial charge in [-0.25, -0.2) is 4.68 Å². The Morgan fingerprint density at radius 2 is 1.97 bits per heavy atom. The molecule has 150 valence electrons. The number of carbonyl (C=O) groups excluding carboxylic acids is 1. The lowest BCUT2D eigenvalue weighted by Gasteiger charge is -2.03. The summed E-state index contributed by atoms with van der Waals surface area (Å²) in [4.78, 5) is 16.2. The Morgan fingerprint density at radius 1 is 1.17 bits per heavy atom. The SMILES string of the molecule is COCCSc1nc2nnc3c(CC(=O)OC)nn(-c4ccc(Cl)cc4)c3n2n1. The van der Waals surface area contributed by atoms with E-state index < -0.39 is 5.97 Å². The third-order valence-corrected chi connectivity index (χ3v) is 5.10. The van der Waals surface area contributed by atoms with Crippen LogP contribution in [0.5, 0.6) is 0 Å². The van der Waals surface area contributed by atoms with Crippen molar-refractivity contribution in [2.24, 2.45) is 0 Å². The highest BCUT2D eigenvalue weighted by atomic mass is 35.5. The van der Waals surface area contributed by atoms with Crippen LogP contribution in [0.15, 0.2) is 29.4 Å². The van der Waals surface area contributed by atoms with Crippen molar-refractivity contribution < 1.29 is 14.3 Å². The summed E-state index contributed by atoms with van der Waals surface area (Å²) in [5, 5.41) is 18.6. The van der Waals surface area contributed by atoms with Gasteiger partial charge in [-0.05, 0) is 24.3 Å². The zero-order chi connectivity index (χ0) is 20.4. The quantitative estimate of drug-likeness (QED) is 0.245. The second-order valence-electron chi connectivity index (χ2n) is 5.91. The molecule has 0 saturated carbocycles. The highest BCUT2D eigenvalue weighted by Crippen LogP contribution is 2.23. The first kappa shape index (κ1) is 19.6. The first-order chi connectivity index (χ1) is 14.1. The van der Waals surface area contributed by atoms with Gasteiger partial charge in [0.15, 0.2) is 11.2 Å². The van der Waals surface area contributed by atoms with Gasteiger partial charge in [-0.15, -0.1) is 15.3 Å². The molecule has 0 aliphatic rings. The van der Waals surface area contributed by atoms with Crippen LogP contribution in [-0.2, 0) is 20.7 Å². The molecule has 0 spiro atoms. The normalized spacial score (nSPS) is 11.4. The van der Waals surface area contributed by atoms with Crippen LogP contribution in [0.1, 0.15) is 5.69 Å². The molecule has 1 aromatic carbocycles. The van der Waals surface area contributed by atoms with Gasteiger partial charge in [-0.2, -0.15) is 14.6 Å². The standard InChI is InChI=1S/C17H16ClN7O3S/c1-27-7-8-29-17-19-16-21-20-14-12(9-13(26)28-2)22-24(15(14)25(16)23-17)11-5-3-10(18)4-6-11/h3-6H,7-9H2,1-2H3. The number of benzene rings is 1. The number of hydrogen-bond donors (Lipinski definition) is 0. The van der Waals surface area contributed by atoms with E-state index in [1.807, 2.05) is 12.1 Å². The van der Waals surface area contributed by atoms with Crippen molar-refractivity contribution in [3.05, 3.63) is 35.0 Å². The maximum Gasteiger partial charge on any atom is 0.311 e. The summed E-state index contributed by atoms with van der Waals surface area (Å²) in [6, 6.07) is 7.13. The van der Waals surface area contributed by atoms with E-state index in [1.165, 1.54) is 18.9 Å². The highest BCUT2D eigenvalue weighted by Gasteiger charge is 2.21. The minimum Gasteiger partial charge on any atom is -0.469 e. The second kappa shape index (κ2) is 8.31. The van der Waals surface area contributed by atoms with Gasteiger partial charge in [-0.3, -0.25) is 4.79 Å². The average Bonchev–Trinajstić information content (AvgIpc) is 3.30. The average molecular weight is 434 g/mol. The van der Waals surface area contributed by atoms with Gasteiger partial charge in [0.05, 0.1) is 25.8 Å². The molecule has 0 saturated heterocycles. The molecule has 29 heavy (non-hydrogen) atoms. The Hall–Kier alpha value is -2.76. The molecule has 0 fully saturated rings. The zero-order valence-corrected chi connectivity index (χ0v) is 17.1. The predicted molar refractivity (Wildman–Crippen MR) is 107 cm³/mol. The molecule has 10 nitrogen and oxygen atoms in total. The molecule has 0 atom stereocenters. The summed E-state index contributed by atoms with van der Waals surface area (Å²) in [6.07, 6.45) is -0.0437. The van der Waals surface area contributed by atoms with Gasteiger partial charge in [0.25, 0.3) is 5.78 Å². The number of thioether (sulfide) groups is 1. The summed E-state index contributed by atoms with van der Waals surface area (Å²) >= 11 is 7.46. The van der Waals surface area contributed by atoms with Crippen molar-refractivity contribution in [1.82, 2.24) is 34.6 Å². The molecule has 0 bridgehead atoms. The summed E-state index contributed by atoms with van der Waals surface area (Å²) in [7, 11) is 2.96. The number of aromatic nitrogens is 7. The minimum absolute atomic E-state index is 0.0437. The van der Waals surface area contributed by atoms with Gasteiger partial charge < -0.3 is 9.47 Å². The summed E-state index contributed by atoms with van der Waals surface area (Å²) in [5.74, 6) is 0.606. The summed E-state index contributed by atoms with van der Waals surface area (Å²) < 4.78 is 13.1. The number of methoxy groups -OCH3 is 2. The van der Waals surface area contributed by atoms with E-state index in [0.717, 1.165) is 5.69 Å². The van der Waals surface area contributed by atoms with Crippen LogP contribution in [0.2, 0.25) is 5.02 Å². The second-order valence-corrected chi connectivity index (χ2v) is 7.41. The number of hydrogen-bond acceptors (Lipinski definition) is 9. The molecular weight excluding hydrogens is 418 g/mol. The van der Waals surface area contributed by atoms with Crippen LogP contribution in [0.4, 0.5) is 0 Å². The monoisotopic (exact) mass is 433 g/mol. The first-order valence-electron chi connectivity index (χ1n) is 8.56. The lowest BCUT2D eigenvalue weighted by atomic mass is 10.3. The Morgan fingerprint density at radius 3 is 2.69 bits per heavy atom.